The van der Waals surface area contributed by atoms with Crippen LogP contribution in [0.3, 0.4) is 0 Å². The predicted molar refractivity (Wildman–Crippen MR) is 126 cm³/mol. The summed E-state index contributed by atoms with van der Waals surface area (Å²) in [5, 5.41) is 0. The summed E-state index contributed by atoms with van der Waals surface area (Å²) < 4.78 is 5.56. The van der Waals surface area contributed by atoms with E-state index in [9.17, 15) is 4.79 Å². The average Bonchev–Trinajstić information content (AvgIpc) is 3.66. The molecule has 1 aromatic heterocycles. The molecule has 32 heavy (non-hydrogen) atoms. The van der Waals surface area contributed by atoms with Gasteiger partial charge in [0.1, 0.15) is 11.6 Å². The molecule has 2 aromatic rings. The first-order valence-corrected chi connectivity index (χ1v) is 11.9. The van der Waals surface area contributed by atoms with Gasteiger partial charge >= 0.3 is 0 Å². The van der Waals surface area contributed by atoms with E-state index in [4.69, 9.17) is 14.7 Å². The van der Waals surface area contributed by atoms with Crippen molar-refractivity contribution in [3.63, 3.8) is 0 Å². The smallest absolute Gasteiger partial charge is 0.233 e. The molecule has 170 valence electrons. The number of para-hydroxylation sites is 1. The third-order valence-electron chi connectivity index (χ3n) is 7.14. The van der Waals surface area contributed by atoms with E-state index < -0.39 is 5.41 Å². The molecule has 7 nitrogen and oxygen atoms in total. The zero-order valence-electron chi connectivity index (χ0n) is 19.2. The highest BCUT2D eigenvalue weighted by molar-refractivity contribution is 5.92. The first kappa shape index (κ1) is 21.0. The number of carbonyl (C=O) groups excluding carboxylic acids is 1. The second kappa shape index (κ2) is 8.60. The van der Waals surface area contributed by atoms with Crippen LogP contribution >= 0.6 is 0 Å². The number of carbonyl (C=O) groups is 1. The zero-order chi connectivity index (χ0) is 22.1. The number of piperazine rings is 1. The van der Waals surface area contributed by atoms with Gasteiger partial charge in [-0.05, 0) is 45.1 Å². The minimum atomic E-state index is -0.401. The molecule has 0 bridgehead atoms. The van der Waals surface area contributed by atoms with E-state index in [1.165, 1.54) is 19.3 Å². The van der Waals surface area contributed by atoms with Crippen LogP contribution in [0.2, 0.25) is 0 Å². The van der Waals surface area contributed by atoms with Crippen LogP contribution in [0.25, 0.3) is 0 Å². The molecule has 1 saturated carbocycles. The number of piperidine rings is 1. The normalized spacial score (nSPS) is 20.2. The Bertz CT molecular complexity index is 976. The van der Waals surface area contributed by atoms with Crippen LogP contribution in [0.5, 0.6) is 5.75 Å². The SMILES string of the molecule is COc1ccccc1C1(C(=O)N2CCN(c3cc(C)nc(N4CCCCC4)n3)CC2)CC1. The maximum atomic E-state index is 13.5. The van der Waals surface area contributed by atoms with Crippen molar-refractivity contribution in [2.75, 3.05) is 56.2 Å². The third-order valence-corrected chi connectivity index (χ3v) is 7.14. The molecule has 3 fully saturated rings. The molecular weight excluding hydrogens is 402 g/mol. The molecule has 0 atom stereocenters. The molecule has 7 heteroatoms. The van der Waals surface area contributed by atoms with Crippen LogP contribution in [0.4, 0.5) is 11.8 Å². The zero-order valence-corrected chi connectivity index (χ0v) is 19.2. The number of hydrogen-bond donors (Lipinski definition) is 0. The van der Waals surface area contributed by atoms with Gasteiger partial charge in [0, 0.05) is 56.6 Å². The van der Waals surface area contributed by atoms with Gasteiger partial charge in [0.2, 0.25) is 11.9 Å². The quantitative estimate of drug-likeness (QED) is 0.719. The van der Waals surface area contributed by atoms with Gasteiger partial charge in [-0.25, -0.2) is 4.98 Å². The molecule has 1 aliphatic carbocycles. The van der Waals surface area contributed by atoms with E-state index in [0.717, 1.165) is 80.9 Å². The summed E-state index contributed by atoms with van der Waals surface area (Å²) in [4.78, 5) is 29.8. The minimum absolute atomic E-state index is 0.245. The number of aromatic nitrogens is 2. The lowest BCUT2D eigenvalue weighted by atomic mass is 9.93. The standard InChI is InChI=1S/C25H33N5O2/c1-19-18-22(27-24(26-19)30-12-6-3-7-13-30)28-14-16-29(17-15-28)23(31)25(10-11-25)20-8-4-5-9-21(20)32-2/h4-5,8-9,18H,3,6-7,10-17H2,1-2H3. The van der Waals surface area contributed by atoms with Crippen LogP contribution in [0.1, 0.15) is 43.4 Å². The van der Waals surface area contributed by atoms with Gasteiger partial charge in [-0.1, -0.05) is 18.2 Å². The number of nitrogens with zero attached hydrogens (tertiary/aromatic N) is 5. The summed E-state index contributed by atoms with van der Waals surface area (Å²) in [6.45, 7) is 7.15. The third kappa shape index (κ3) is 3.89. The molecule has 3 heterocycles. The molecule has 2 aliphatic heterocycles. The Morgan fingerprint density at radius 1 is 0.938 bits per heavy atom. The highest BCUT2D eigenvalue weighted by Crippen LogP contribution is 2.52. The lowest BCUT2D eigenvalue weighted by Crippen LogP contribution is -2.52. The molecule has 3 aliphatic rings. The molecular formula is C25H33N5O2. The van der Waals surface area contributed by atoms with Crippen molar-refractivity contribution in [3.05, 3.63) is 41.6 Å². The molecule has 0 spiro atoms. The Labute approximate surface area is 190 Å². The lowest BCUT2D eigenvalue weighted by Gasteiger charge is -2.38. The Hall–Kier alpha value is -2.83. The predicted octanol–water partition coefficient (Wildman–Crippen LogP) is 3.16. The number of ether oxygens (including phenoxy) is 1. The number of aryl methyl sites for hydroxylation is 1. The average molecular weight is 436 g/mol. The second-order valence-electron chi connectivity index (χ2n) is 9.28. The summed E-state index contributed by atoms with van der Waals surface area (Å²) in [6.07, 6.45) is 5.51. The van der Waals surface area contributed by atoms with Crippen molar-refractivity contribution in [1.29, 1.82) is 0 Å². The topological polar surface area (TPSA) is 61.8 Å². The van der Waals surface area contributed by atoms with E-state index in [1.54, 1.807) is 7.11 Å². The Kier molecular flexibility index (Phi) is 5.66. The summed E-state index contributed by atoms with van der Waals surface area (Å²) in [7, 11) is 1.68. The van der Waals surface area contributed by atoms with E-state index >= 15 is 0 Å². The summed E-state index contributed by atoms with van der Waals surface area (Å²) in [5.74, 6) is 2.90. The van der Waals surface area contributed by atoms with Gasteiger partial charge in [0.25, 0.3) is 0 Å². The molecule has 0 N–H and O–H groups in total. The maximum Gasteiger partial charge on any atom is 0.233 e. The molecule has 1 aromatic carbocycles. The van der Waals surface area contributed by atoms with Crippen molar-refractivity contribution >= 4 is 17.7 Å². The monoisotopic (exact) mass is 435 g/mol. The summed E-state index contributed by atoms with van der Waals surface area (Å²) in [5.41, 5.74) is 1.64. The summed E-state index contributed by atoms with van der Waals surface area (Å²) in [6, 6.07) is 10.0. The molecule has 2 saturated heterocycles. The highest BCUT2D eigenvalue weighted by atomic mass is 16.5. The Morgan fingerprint density at radius 3 is 2.34 bits per heavy atom. The van der Waals surface area contributed by atoms with Crippen LogP contribution in [0, 0.1) is 6.92 Å². The van der Waals surface area contributed by atoms with Gasteiger partial charge in [-0.15, -0.1) is 0 Å². The van der Waals surface area contributed by atoms with Crippen LogP contribution < -0.4 is 14.5 Å². The van der Waals surface area contributed by atoms with Crippen molar-refractivity contribution in [2.24, 2.45) is 0 Å². The van der Waals surface area contributed by atoms with Crippen molar-refractivity contribution in [2.45, 2.75) is 44.4 Å². The van der Waals surface area contributed by atoms with E-state index in [0.29, 0.717) is 0 Å². The highest BCUT2D eigenvalue weighted by Gasteiger charge is 2.54. The summed E-state index contributed by atoms with van der Waals surface area (Å²) >= 11 is 0. The van der Waals surface area contributed by atoms with Gasteiger partial charge in [0.15, 0.2) is 0 Å². The Morgan fingerprint density at radius 2 is 1.66 bits per heavy atom. The molecule has 5 rings (SSSR count). The number of benzene rings is 1. The minimum Gasteiger partial charge on any atom is -0.496 e. The Balaban J connectivity index is 1.27. The van der Waals surface area contributed by atoms with Crippen molar-refractivity contribution < 1.29 is 9.53 Å². The number of rotatable bonds is 5. The second-order valence-corrected chi connectivity index (χ2v) is 9.28. The lowest BCUT2D eigenvalue weighted by molar-refractivity contribution is -0.134. The fraction of sp³-hybridized carbons (Fsp3) is 0.560. The van der Waals surface area contributed by atoms with E-state index in [2.05, 4.69) is 15.9 Å². The molecule has 0 radical (unpaired) electrons. The van der Waals surface area contributed by atoms with E-state index in [1.807, 2.05) is 36.1 Å². The molecule has 1 amide bonds. The fourth-order valence-electron chi connectivity index (χ4n) is 5.14. The van der Waals surface area contributed by atoms with Gasteiger partial charge in [0.05, 0.1) is 12.5 Å². The first-order chi connectivity index (χ1) is 15.6. The van der Waals surface area contributed by atoms with Gasteiger partial charge < -0.3 is 19.4 Å². The van der Waals surface area contributed by atoms with E-state index in [-0.39, 0.29) is 5.91 Å². The largest absolute Gasteiger partial charge is 0.496 e. The van der Waals surface area contributed by atoms with Crippen LogP contribution in [0.15, 0.2) is 30.3 Å². The number of methoxy groups -OCH3 is 1. The number of hydrogen-bond acceptors (Lipinski definition) is 6. The van der Waals surface area contributed by atoms with Crippen LogP contribution in [-0.2, 0) is 10.2 Å². The van der Waals surface area contributed by atoms with Crippen LogP contribution in [-0.4, -0.2) is 67.2 Å². The number of anilines is 2. The molecule has 0 unspecified atom stereocenters. The van der Waals surface area contributed by atoms with Crippen molar-refractivity contribution in [3.8, 4) is 5.75 Å². The first-order valence-electron chi connectivity index (χ1n) is 11.9. The van der Waals surface area contributed by atoms with Crippen molar-refractivity contribution in [1.82, 2.24) is 14.9 Å². The number of amides is 1. The fourth-order valence-corrected chi connectivity index (χ4v) is 5.14. The maximum absolute atomic E-state index is 13.5. The van der Waals surface area contributed by atoms with Gasteiger partial charge in [-0.2, -0.15) is 4.98 Å². The van der Waals surface area contributed by atoms with Gasteiger partial charge in [-0.3, -0.25) is 4.79 Å².